The third-order valence-corrected chi connectivity index (χ3v) is 3.99. The summed E-state index contributed by atoms with van der Waals surface area (Å²) in [6.07, 6.45) is 1.12. The highest BCUT2D eigenvalue weighted by atomic mass is 19.3. The molecule has 9 heteroatoms. The molecule has 1 heterocycles. The number of carbonyl (C=O) groups excluding carboxylic acids is 1. The summed E-state index contributed by atoms with van der Waals surface area (Å²) in [6, 6.07) is -0.120. The minimum atomic E-state index is -2.96. The van der Waals surface area contributed by atoms with Crippen LogP contribution < -0.4 is 0 Å². The van der Waals surface area contributed by atoms with Crippen molar-refractivity contribution >= 4 is 11.5 Å². The van der Waals surface area contributed by atoms with Crippen LogP contribution in [0.5, 0.6) is 0 Å². The molecule has 0 spiro atoms. The molecule has 0 bridgehead atoms. The Morgan fingerprint density at radius 1 is 1.48 bits per heavy atom. The quantitative estimate of drug-likeness (QED) is 0.566. The molecular weight excluding hydrogens is 312 g/mol. The Labute approximate surface area is 131 Å². The zero-order valence-electron chi connectivity index (χ0n) is 12.8. The molecule has 1 aliphatic rings. The van der Waals surface area contributed by atoms with E-state index in [1.807, 2.05) is 0 Å². The maximum atomic E-state index is 12.8. The Morgan fingerprint density at radius 2 is 2.13 bits per heavy atom. The molecule has 0 amide bonds. The predicted molar refractivity (Wildman–Crippen MR) is 76.3 cm³/mol. The number of halogens is 2. The van der Waals surface area contributed by atoms with Crippen LogP contribution >= 0.6 is 0 Å². The number of Topliss-reactive ketones (excluding diaryl/α,β-unsaturated/α-hetero) is 1. The minimum absolute atomic E-state index is 0.0259. The van der Waals surface area contributed by atoms with Crippen molar-refractivity contribution in [1.29, 1.82) is 0 Å². The summed E-state index contributed by atoms with van der Waals surface area (Å²) in [5.41, 5.74) is -1.41. The van der Waals surface area contributed by atoms with Crippen molar-refractivity contribution in [2.75, 3.05) is 13.2 Å². The van der Waals surface area contributed by atoms with Crippen molar-refractivity contribution in [1.82, 2.24) is 9.78 Å². The number of hydrogen-bond acceptors (Lipinski definition) is 5. The van der Waals surface area contributed by atoms with Gasteiger partial charge in [-0.2, -0.15) is 5.10 Å². The molecule has 7 nitrogen and oxygen atoms in total. The van der Waals surface area contributed by atoms with E-state index in [0.29, 0.717) is 25.4 Å². The smallest absolute Gasteiger partial charge is 0.316 e. The number of nitrogens with zero attached hydrogens (tertiary/aromatic N) is 3. The first-order valence-corrected chi connectivity index (χ1v) is 7.47. The van der Waals surface area contributed by atoms with E-state index in [1.165, 1.54) is 11.6 Å². The van der Waals surface area contributed by atoms with Crippen LogP contribution in [0.3, 0.4) is 0 Å². The molecule has 23 heavy (non-hydrogen) atoms. The molecule has 1 fully saturated rings. The molecule has 0 unspecified atom stereocenters. The lowest BCUT2D eigenvalue weighted by atomic mass is 9.86. The van der Waals surface area contributed by atoms with Crippen molar-refractivity contribution in [2.45, 2.75) is 45.1 Å². The first-order chi connectivity index (χ1) is 10.9. The van der Waals surface area contributed by atoms with Gasteiger partial charge >= 0.3 is 5.69 Å². The van der Waals surface area contributed by atoms with E-state index in [2.05, 4.69) is 5.10 Å². The van der Waals surface area contributed by atoms with Crippen molar-refractivity contribution in [2.24, 2.45) is 5.92 Å². The SMILES string of the molecule is CC(=O)COCC1CCC(n2cc([N+](=O)[O-])c(C(F)F)n2)CC1. The first kappa shape index (κ1) is 17.5. The summed E-state index contributed by atoms with van der Waals surface area (Å²) in [6.45, 7) is 2.05. The number of carbonyl (C=O) groups is 1. The van der Waals surface area contributed by atoms with Gasteiger partial charge in [-0.3, -0.25) is 19.6 Å². The lowest BCUT2D eigenvalue weighted by Crippen LogP contribution is -2.22. The molecule has 1 aromatic heterocycles. The predicted octanol–water partition coefficient (Wildman–Crippen LogP) is 3.07. The molecule has 0 N–H and O–H groups in total. The number of ketones is 1. The molecule has 1 aromatic rings. The topological polar surface area (TPSA) is 87.3 Å². The zero-order chi connectivity index (χ0) is 17.0. The van der Waals surface area contributed by atoms with E-state index >= 15 is 0 Å². The summed E-state index contributed by atoms with van der Waals surface area (Å²) in [5.74, 6) is 0.285. The van der Waals surface area contributed by atoms with Gasteiger partial charge in [-0.25, -0.2) is 8.78 Å². The van der Waals surface area contributed by atoms with Gasteiger partial charge in [-0.1, -0.05) is 0 Å². The van der Waals surface area contributed by atoms with Gasteiger partial charge in [-0.15, -0.1) is 0 Å². The standard InChI is InChI=1S/C14H19F2N3O4/c1-9(20)7-23-8-10-2-4-11(5-3-10)18-6-12(19(21)22)13(17-18)14(15)16/h6,10-11,14H,2-5,7-8H2,1H3. The van der Waals surface area contributed by atoms with Crippen molar-refractivity contribution in [3.05, 3.63) is 22.0 Å². The van der Waals surface area contributed by atoms with Gasteiger partial charge in [0.1, 0.15) is 12.8 Å². The van der Waals surface area contributed by atoms with Crippen LogP contribution in [0.2, 0.25) is 0 Å². The molecule has 0 aliphatic heterocycles. The highest BCUT2D eigenvalue weighted by molar-refractivity contribution is 5.76. The molecule has 1 saturated carbocycles. The minimum Gasteiger partial charge on any atom is -0.373 e. The van der Waals surface area contributed by atoms with E-state index < -0.39 is 22.7 Å². The fraction of sp³-hybridized carbons (Fsp3) is 0.714. The Bertz CT molecular complexity index is 568. The van der Waals surface area contributed by atoms with E-state index in [1.54, 1.807) is 0 Å². The molecule has 0 saturated heterocycles. The Morgan fingerprint density at radius 3 is 2.61 bits per heavy atom. The largest absolute Gasteiger partial charge is 0.373 e. The van der Waals surface area contributed by atoms with Gasteiger partial charge in [0, 0.05) is 6.61 Å². The lowest BCUT2D eigenvalue weighted by molar-refractivity contribution is -0.386. The summed E-state index contributed by atoms with van der Waals surface area (Å²) in [5, 5.41) is 14.5. The zero-order valence-corrected chi connectivity index (χ0v) is 12.8. The average Bonchev–Trinajstić information content (AvgIpc) is 2.93. The fourth-order valence-corrected chi connectivity index (χ4v) is 2.82. The highest BCUT2D eigenvalue weighted by Crippen LogP contribution is 2.35. The second kappa shape index (κ2) is 7.58. The monoisotopic (exact) mass is 331 g/mol. The second-order valence-corrected chi connectivity index (χ2v) is 5.83. The van der Waals surface area contributed by atoms with Gasteiger partial charge in [0.25, 0.3) is 6.43 Å². The van der Waals surface area contributed by atoms with E-state index in [-0.39, 0.29) is 18.4 Å². The highest BCUT2D eigenvalue weighted by Gasteiger charge is 2.30. The third-order valence-electron chi connectivity index (χ3n) is 3.99. The van der Waals surface area contributed by atoms with Crippen molar-refractivity contribution < 1.29 is 23.2 Å². The van der Waals surface area contributed by atoms with Crippen LogP contribution in [-0.2, 0) is 9.53 Å². The van der Waals surface area contributed by atoms with Gasteiger partial charge in [0.05, 0.1) is 11.0 Å². The van der Waals surface area contributed by atoms with Crippen molar-refractivity contribution in [3.63, 3.8) is 0 Å². The van der Waals surface area contributed by atoms with Crippen LogP contribution in [0.1, 0.15) is 50.8 Å². The van der Waals surface area contributed by atoms with Gasteiger partial charge < -0.3 is 4.74 Å². The molecule has 0 radical (unpaired) electrons. The summed E-state index contributed by atoms with van der Waals surface area (Å²) in [7, 11) is 0. The number of rotatable bonds is 7. The van der Waals surface area contributed by atoms with Gasteiger partial charge in [0.15, 0.2) is 5.78 Å². The number of aromatic nitrogens is 2. The fourth-order valence-electron chi connectivity index (χ4n) is 2.82. The Balaban J connectivity index is 1.93. The molecule has 128 valence electrons. The number of nitro groups is 1. The first-order valence-electron chi connectivity index (χ1n) is 7.47. The van der Waals surface area contributed by atoms with Crippen LogP contribution in [-0.4, -0.2) is 33.7 Å². The van der Waals surface area contributed by atoms with Crippen LogP contribution in [0, 0.1) is 16.0 Å². The van der Waals surface area contributed by atoms with Crippen LogP contribution in [0.25, 0.3) is 0 Å². The van der Waals surface area contributed by atoms with Crippen LogP contribution in [0.15, 0.2) is 6.20 Å². The number of alkyl halides is 2. The van der Waals surface area contributed by atoms with E-state index in [4.69, 9.17) is 4.74 Å². The van der Waals surface area contributed by atoms with Gasteiger partial charge in [0.2, 0.25) is 5.69 Å². The molecule has 0 aromatic carbocycles. The average molecular weight is 331 g/mol. The van der Waals surface area contributed by atoms with Crippen molar-refractivity contribution in [3.8, 4) is 0 Å². The third kappa shape index (κ3) is 4.54. The maximum absolute atomic E-state index is 12.8. The Hall–Kier alpha value is -1.90. The molecule has 1 aliphatic carbocycles. The molecular formula is C14H19F2N3O4. The molecule has 2 rings (SSSR count). The lowest BCUT2D eigenvalue weighted by Gasteiger charge is -2.28. The Kier molecular flexibility index (Phi) is 5.75. The molecule has 0 atom stereocenters. The maximum Gasteiger partial charge on any atom is 0.316 e. The summed E-state index contributed by atoms with van der Waals surface area (Å²) >= 11 is 0. The van der Waals surface area contributed by atoms with E-state index in [9.17, 15) is 23.7 Å². The van der Waals surface area contributed by atoms with E-state index in [0.717, 1.165) is 19.0 Å². The second-order valence-electron chi connectivity index (χ2n) is 5.83. The van der Waals surface area contributed by atoms with Crippen LogP contribution in [0.4, 0.5) is 14.5 Å². The number of hydrogen-bond donors (Lipinski definition) is 0. The number of ether oxygens (including phenoxy) is 1. The van der Waals surface area contributed by atoms with Gasteiger partial charge in [-0.05, 0) is 38.5 Å². The normalized spacial score (nSPS) is 21.6. The summed E-state index contributed by atoms with van der Waals surface area (Å²) < 4.78 is 32.2. The summed E-state index contributed by atoms with van der Waals surface area (Å²) in [4.78, 5) is 20.8.